The first kappa shape index (κ1) is 23.6. The van der Waals surface area contributed by atoms with Gasteiger partial charge >= 0.3 is 6.18 Å². The largest absolute Gasteiger partial charge is 0.483 e. The van der Waals surface area contributed by atoms with E-state index in [1.54, 1.807) is 13.8 Å². The normalized spacial score (nSPS) is 14.3. The minimum Gasteiger partial charge on any atom is -0.483 e. The number of nitrogens with one attached hydrogen (secondary N) is 2. The van der Waals surface area contributed by atoms with Crippen LogP contribution in [0.2, 0.25) is 5.02 Å². The maximum Gasteiger partial charge on any atom is 0.417 e. The number of aromatic nitrogens is 1. The zero-order chi connectivity index (χ0) is 24.8. The number of rotatable bonds is 4. The molecule has 1 aromatic heterocycles. The number of carbonyl (C=O) groups is 1. The molecule has 0 spiro atoms. The van der Waals surface area contributed by atoms with Crippen molar-refractivity contribution in [3.8, 4) is 17.2 Å². The molecule has 4 rings (SSSR count). The lowest BCUT2D eigenvalue weighted by molar-refractivity contribution is -0.137. The van der Waals surface area contributed by atoms with Gasteiger partial charge < -0.3 is 19.8 Å². The Morgan fingerprint density at radius 1 is 1.18 bits per heavy atom. The average molecular weight is 497 g/mol. The number of hydrogen-bond acceptors (Lipinski definition) is 4. The van der Waals surface area contributed by atoms with Crippen molar-refractivity contribution in [3.05, 3.63) is 80.5 Å². The number of ether oxygens (including phenoxy) is 2. The lowest BCUT2D eigenvalue weighted by atomic mass is 10.0. The summed E-state index contributed by atoms with van der Waals surface area (Å²) in [5, 5.41) is 1.69. The number of halogens is 5. The molecule has 3 aromatic rings. The number of amides is 1. The maximum absolute atomic E-state index is 14.3. The number of aromatic amines is 1. The van der Waals surface area contributed by atoms with E-state index >= 15 is 0 Å². The molecule has 11 heteroatoms. The van der Waals surface area contributed by atoms with E-state index in [4.69, 9.17) is 21.1 Å². The van der Waals surface area contributed by atoms with Gasteiger partial charge in [0, 0.05) is 29.9 Å². The lowest BCUT2D eigenvalue weighted by Crippen LogP contribution is -2.24. The zero-order valence-corrected chi connectivity index (χ0v) is 18.5. The Morgan fingerprint density at radius 2 is 1.91 bits per heavy atom. The summed E-state index contributed by atoms with van der Waals surface area (Å²) in [7, 11) is 0. The SMILES string of the molecule is CC1(C)Cc2c(F)ccc(Oc3cc(C(F)(F)F)c(Cl)cc3C(=O)Nc3cc[nH]c(=O)c3)c2O1. The van der Waals surface area contributed by atoms with Gasteiger partial charge in [-0.1, -0.05) is 11.6 Å². The van der Waals surface area contributed by atoms with Gasteiger partial charge in [0.15, 0.2) is 11.5 Å². The molecule has 0 atom stereocenters. The lowest BCUT2D eigenvalue weighted by Gasteiger charge is -2.19. The van der Waals surface area contributed by atoms with Crippen LogP contribution in [0.3, 0.4) is 0 Å². The molecule has 6 nitrogen and oxygen atoms in total. The fourth-order valence-corrected chi connectivity index (χ4v) is 3.82. The average Bonchev–Trinajstić information content (AvgIpc) is 3.06. The predicted octanol–water partition coefficient (Wildman–Crippen LogP) is 5.94. The predicted molar refractivity (Wildman–Crippen MR) is 116 cm³/mol. The van der Waals surface area contributed by atoms with Crippen molar-refractivity contribution in [1.82, 2.24) is 4.98 Å². The molecule has 0 saturated carbocycles. The molecular weight excluding hydrogens is 480 g/mol. The number of benzene rings is 2. The third-order valence-corrected chi connectivity index (χ3v) is 5.33. The van der Waals surface area contributed by atoms with E-state index in [0.29, 0.717) is 6.07 Å². The first-order valence-corrected chi connectivity index (χ1v) is 10.3. The van der Waals surface area contributed by atoms with Gasteiger partial charge in [-0.2, -0.15) is 13.2 Å². The van der Waals surface area contributed by atoms with Crippen LogP contribution in [-0.4, -0.2) is 16.5 Å². The fraction of sp³-hybridized carbons (Fsp3) is 0.217. The third-order valence-electron chi connectivity index (χ3n) is 5.02. The van der Waals surface area contributed by atoms with Crippen LogP contribution in [0.25, 0.3) is 0 Å². The summed E-state index contributed by atoms with van der Waals surface area (Å²) in [6.45, 7) is 3.45. The van der Waals surface area contributed by atoms with Gasteiger partial charge in [-0.05, 0) is 44.2 Å². The van der Waals surface area contributed by atoms with Gasteiger partial charge in [-0.15, -0.1) is 0 Å². The number of anilines is 1. The third kappa shape index (κ3) is 4.72. The molecule has 2 heterocycles. The molecule has 1 aliphatic heterocycles. The number of pyridine rings is 1. The molecule has 0 aliphatic carbocycles. The second-order valence-electron chi connectivity index (χ2n) is 8.22. The minimum absolute atomic E-state index is 0.0365. The first-order chi connectivity index (χ1) is 15.8. The molecule has 0 radical (unpaired) electrons. The fourth-order valence-electron chi connectivity index (χ4n) is 3.55. The molecule has 34 heavy (non-hydrogen) atoms. The van der Waals surface area contributed by atoms with Crippen molar-refractivity contribution in [2.24, 2.45) is 0 Å². The Hall–Kier alpha value is -3.53. The molecule has 1 amide bonds. The number of alkyl halides is 3. The van der Waals surface area contributed by atoms with Gasteiger partial charge in [-0.3, -0.25) is 9.59 Å². The first-order valence-electron chi connectivity index (χ1n) is 9.93. The summed E-state index contributed by atoms with van der Waals surface area (Å²) in [6.07, 6.45) is -3.33. The monoisotopic (exact) mass is 496 g/mol. The summed E-state index contributed by atoms with van der Waals surface area (Å²) in [5.74, 6) is -1.94. The van der Waals surface area contributed by atoms with Crippen molar-refractivity contribution in [3.63, 3.8) is 0 Å². The standard InChI is InChI=1S/C23H17ClF4N2O4/c1-22(2)10-13-16(25)3-4-17(20(13)34-22)33-18-9-14(23(26,27)28)15(24)8-12(18)21(32)30-11-5-6-29-19(31)7-11/h3-9H,10H2,1-2H3,(H2,29,30,31,32). The number of hydrogen-bond donors (Lipinski definition) is 2. The molecule has 0 bridgehead atoms. The second kappa shape index (κ2) is 8.35. The highest BCUT2D eigenvalue weighted by Gasteiger charge is 2.37. The minimum atomic E-state index is -4.83. The van der Waals surface area contributed by atoms with Crippen LogP contribution in [0.1, 0.15) is 35.3 Å². The van der Waals surface area contributed by atoms with Crippen LogP contribution in [0.5, 0.6) is 17.2 Å². The van der Waals surface area contributed by atoms with E-state index in [2.05, 4.69) is 10.3 Å². The Labute approximate surface area is 195 Å². The summed E-state index contributed by atoms with van der Waals surface area (Å²) >= 11 is 5.83. The van der Waals surface area contributed by atoms with E-state index in [-0.39, 0.29) is 34.7 Å². The van der Waals surface area contributed by atoms with E-state index in [0.717, 1.165) is 18.2 Å². The van der Waals surface area contributed by atoms with Crippen LogP contribution in [0.15, 0.2) is 47.4 Å². The summed E-state index contributed by atoms with van der Waals surface area (Å²) in [5.41, 5.74) is -2.52. The number of carbonyl (C=O) groups excluding carboxylic acids is 1. The van der Waals surface area contributed by atoms with Crippen molar-refractivity contribution in [2.75, 3.05) is 5.32 Å². The van der Waals surface area contributed by atoms with Gasteiger partial charge in [0.1, 0.15) is 17.2 Å². The van der Waals surface area contributed by atoms with Gasteiger partial charge in [0.2, 0.25) is 5.56 Å². The molecule has 2 N–H and O–H groups in total. The Morgan fingerprint density at radius 3 is 2.59 bits per heavy atom. The Kier molecular flexibility index (Phi) is 5.80. The molecule has 178 valence electrons. The van der Waals surface area contributed by atoms with Crippen LogP contribution < -0.4 is 20.3 Å². The van der Waals surface area contributed by atoms with Gasteiger partial charge in [0.05, 0.1) is 16.1 Å². The molecular formula is C23H17ClF4N2O4. The van der Waals surface area contributed by atoms with Crippen LogP contribution >= 0.6 is 11.6 Å². The summed E-state index contributed by atoms with van der Waals surface area (Å²) in [6, 6.07) is 6.19. The van der Waals surface area contributed by atoms with Crippen molar-refractivity contribution >= 4 is 23.2 Å². The summed E-state index contributed by atoms with van der Waals surface area (Å²) in [4.78, 5) is 26.8. The maximum atomic E-state index is 14.3. The topological polar surface area (TPSA) is 80.4 Å². The van der Waals surface area contributed by atoms with Gasteiger partial charge in [0.25, 0.3) is 5.91 Å². The highest BCUT2D eigenvalue weighted by atomic mass is 35.5. The zero-order valence-electron chi connectivity index (χ0n) is 17.8. The van der Waals surface area contributed by atoms with Crippen LogP contribution in [-0.2, 0) is 12.6 Å². The second-order valence-corrected chi connectivity index (χ2v) is 8.62. The van der Waals surface area contributed by atoms with E-state index in [9.17, 15) is 27.2 Å². The molecule has 0 saturated heterocycles. The molecule has 0 unspecified atom stereocenters. The Balaban J connectivity index is 1.79. The van der Waals surface area contributed by atoms with Crippen LogP contribution in [0.4, 0.5) is 23.2 Å². The molecule has 0 fully saturated rings. The van der Waals surface area contributed by atoms with E-state index in [1.165, 1.54) is 18.3 Å². The Bertz CT molecular complexity index is 1350. The van der Waals surface area contributed by atoms with Crippen LogP contribution in [0, 0.1) is 5.82 Å². The van der Waals surface area contributed by atoms with Crippen molar-refractivity contribution in [1.29, 1.82) is 0 Å². The van der Waals surface area contributed by atoms with Crippen molar-refractivity contribution < 1.29 is 31.8 Å². The smallest absolute Gasteiger partial charge is 0.417 e. The quantitative estimate of drug-likeness (QED) is 0.438. The molecule has 2 aromatic carbocycles. The van der Waals surface area contributed by atoms with E-state index in [1.807, 2.05) is 0 Å². The van der Waals surface area contributed by atoms with Crippen molar-refractivity contribution in [2.45, 2.75) is 32.0 Å². The number of fused-ring (bicyclic) bond motifs is 1. The van der Waals surface area contributed by atoms with E-state index < -0.39 is 45.4 Å². The van der Waals surface area contributed by atoms with Gasteiger partial charge in [-0.25, -0.2) is 4.39 Å². The highest BCUT2D eigenvalue weighted by molar-refractivity contribution is 6.32. The number of H-pyrrole nitrogens is 1. The highest BCUT2D eigenvalue weighted by Crippen LogP contribution is 2.46. The summed E-state index contributed by atoms with van der Waals surface area (Å²) < 4.78 is 66.3. The molecule has 1 aliphatic rings.